The van der Waals surface area contributed by atoms with Crippen molar-refractivity contribution in [1.29, 1.82) is 0 Å². The summed E-state index contributed by atoms with van der Waals surface area (Å²) >= 11 is 0. The van der Waals surface area contributed by atoms with Gasteiger partial charge in [-0.2, -0.15) is 0 Å². The molecule has 1 heterocycles. The van der Waals surface area contributed by atoms with Crippen molar-refractivity contribution in [2.45, 2.75) is 38.6 Å². The standard InChI is InChI=1S/C14H17F2N5/c15-11-6-10(13(17)7-12(11)16)14-18-19-20-21(14)8-9-4-2-1-3-5-9/h6-7,9H,1-5,8,17H2. The first kappa shape index (κ1) is 13.9. The number of hydrogen-bond acceptors (Lipinski definition) is 4. The number of hydrogen-bond donors (Lipinski definition) is 1. The number of benzene rings is 1. The number of nitrogens with two attached hydrogens (primary N) is 1. The van der Waals surface area contributed by atoms with Crippen LogP contribution in [0.5, 0.6) is 0 Å². The van der Waals surface area contributed by atoms with E-state index in [9.17, 15) is 8.78 Å². The van der Waals surface area contributed by atoms with Crippen molar-refractivity contribution in [1.82, 2.24) is 20.2 Å². The first-order valence-corrected chi connectivity index (χ1v) is 7.16. The highest BCUT2D eigenvalue weighted by atomic mass is 19.2. The third-order valence-corrected chi connectivity index (χ3v) is 4.02. The first-order chi connectivity index (χ1) is 10.1. The molecule has 2 aromatic rings. The van der Waals surface area contributed by atoms with Crippen molar-refractivity contribution in [3.63, 3.8) is 0 Å². The Hall–Kier alpha value is -2.05. The summed E-state index contributed by atoms with van der Waals surface area (Å²) in [6.45, 7) is 0.681. The lowest BCUT2D eigenvalue weighted by Gasteiger charge is -2.21. The van der Waals surface area contributed by atoms with Crippen molar-refractivity contribution < 1.29 is 8.78 Å². The van der Waals surface area contributed by atoms with Gasteiger partial charge in [0.05, 0.1) is 0 Å². The minimum absolute atomic E-state index is 0.133. The van der Waals surface area contributed by atoms with E-state index in [2.05, 4.69) is 15.5 Å². The zero-order valence-electron chi connectivity index (χ0n) is 11.6. The molecule has 1 aliphatic rings. The molecular weight excluding hydrogens is 276 g/mol. The molecular formula is C14H17F2N5. The van der Waals surface area contributed by atoms with Crippen LogP contribution in [0, 0.1) is 17.6 Å². The summed E-state index contributed by atoms with van der Waals surface area (Å²) in [5.74, 6) is -1.02. The van der Waals surface area contributed by atoms with Crippen LogP contribution in [0.15, 0.2) is 12.1 Å². The largest absolute Gasteiger partial charge is 0.398 e. The summed E-state index contributed by atoms with van der Waals surface area (Å²) in [5, 5.41) is 11.5. The summed E-state index contributed by atoms with van der Waals surface area (Å²) in [4.78, 5) is 0. The molecule has 1 aromatic carbocycles. The summed E-state index contributed by atoms with van der Waals surface area (Å²) < 4.78 is 28.2. The molecule has 0 radical (unpaired) electrons. The lowest BCUT2D eigenvalue weighted by molar-refractivity contribution is 0.307. The Morgan fingerprint density at radius 3 is 2.62 bits per heavy atom. The Morgan fingerprint density at radius 1 is 1.14 bits per heavy atom. The van der Waals surface area contributed by atoms with Crippen molar-refractivity contribution in [2.24, 2.45) is 5.92 Å². The molecule has 0 atom stereocenters. The number of nitrogens with zero attached hydrogens (tertiary/aromatic N) is 4. The topological polar surface area (TPSA) is 69.6 Å². The van der Waals surface area contributed by atoms with Crippen LogP contribution in [0.1, 0.15) is 32.1 Å². The predicted molar refractivity (Wildman–Crippen MR) is 74.2 cm³/mol. The quantitative estimate of drug-likeness (QED) is 0.883. The zero-order valence-corrected chi connectivity index (χ0v) is 11.6. The average molecular weight is 293 g/mol. The molecule has 0 bridgehead atoms. The van der Waals surface area contributed by atoms with Crippen LogP contribution in [0.4, 0.5) is 14.5 Å². The summed E-state index contributed by atoms with van der Waals surface area (Å²) in [5.41, 5.74) is 6.23. The van der Waals surface area contributed by atoms with Gasteiger partial charge in [0.25, 0.3) is 0 Å². The van der Waals surface area contributed by atoms with Gasteiger partial charge in [-0.3, -0.25) is 0 Å². The average Bonchev–Trinajstić information content (AvgIpc) is 2.92. The number of rotatable bonds is 3. The van der Waals surface area contributed by atoms with Gasteiger partial charge in [-0.25, -0.2) is 13.5 Å². The van der Waals surface area contributed by atoms with E-state index in [0.717, 1.165) is 25.0 Å². The van der Waals surface area contributed by atoms with Gasteiger partial charge in [0, 0.05) is 23.9 Å². The highest BCUT2D eigenvalue weighted by molar-refractivity contribution is 5.71. The van der Waals surface area contributed by atoms with Gasteiger partial charge in [0.2, 0.25) is 0 Å². The minimum atomic E-state index is -0.970. The fraction of sp³-hybridized carbons (Fsp3) is 0.500. The maximum Gasteiger partial charge on any atom is 0.184 e. The van der Waals surface area contributed by atoms with E-state index < -0.39 is 11.6 Å². The van der Waals surface area contributed by atoms with Crippen molar-refractivity contribution >= 4 is 5.69 Å². The fourth-order valence-corrected chi connectivity index (χ4v) is 2.89. The Kier molecular flexibility index (Phi) is 3.81. The number of anilines is 1. The molecule has 2 N–H and O–H groups in total. The molecule has 1 aromatic heterocycles. The third kappa shape index (κ3) is 2.86. The number of aromatic nitrogens is 4. The molecule has 7 heteroatoms. The highest BCUT2D eigenvalue weighted by Crippen LogP contribution is 2.29. The molecule has 0 unspecified atom stereocenters. The Balaban J connectivity index is 1.89. The van der Waals surface area contributed by atoms with Crippen LogP contribution >= 0.6 is 0 Å². The second kappa shape index (κ2) is 5.75. The molecule has 0 spiro atoms. The van der Waals surface area contributed by atoms with Crippen LogP contribution in [-0.2, 0) is 6.54 Å². The second-order valence-electron chi connectivity index (χ2n) is 5.54. The summed E-state index contributed by atoms with van der Waals surface area (Å²) in [7, 11) is 0. The van der Waals surface area contributed by atoms with Crippen LogP contribution in [-0.4, -0.2) is 20.2 Å². The van der Waals surface area contributed by atoms with Crippen LogP contribution in [0.3, 0.4) is 0 Å². The predicted octanol–water partition coefficient (Wildman–Crippen LogP) is 2.78. The van der Waals surface area contributed by atoms with Gasteiger partial charge in [0.1, 0.15) is 0 Å². The van der Waals surface area contributed by atoms with Gasteiger partial charge in [0.15, 0.2) is 17.5 Å². The lowest BCUT2D eigenvalue weighted by Crippen LogP contribution is -2.16. The summed E-state index contributed by atoms with van der Waals surface area (Å²) in [6.07, 6.45) is 6.00. The third-order valence-electron chi connectivity index (χ3n) is 4.02. The lowest BCUT2D eigenvalue weighted by atomic mass is 9.89. The monoisotopic (exact) mass is 293 g/mol. The second-order valence-corrected chi connectivity index (χ2v) is 5.54. The molecule has 0 saturated heterocycles. The molecule has 3 rings (SSSR count). The van der Waals surface area contributed by atoms with Crippen molar-refractivity contribution in [3.8, 4) is 11.4 Å². The maximum absolute atomic E-state index is 13.4. The zero-order chi connectivity index (χ0) is 14.8. The highest BCUT2D eigenvalue weighted by Gasteiger charge is 2.19. The van der Waals surface area contributed by atoms with Gasteiger partial charge in [-0.05, 0) is 35.3 Å². The van der Waals surface area contributed by atoms with E-state index in [1.807, 2.05) is 0 Å². The van der Waals surface area contributed by atoms with Gasteiger partial charge >= 0.3 is 0 Å². The van der Waals surface area contributed by atoms with E-state index in [0.29, 0.717) is 23.9 Å². The number of nitrogen functional groups attached to an aromatic ring is 1. The first-order valence-electron chi connectivity index (χ1n) is 7.16. The Bertz CT molecular complexity index is 634. The summed E-state index contributed by atoms with van der Waals surface area (Å²) in [6, 6.07) is 2.01. The van der Waals surface area contributed by atoms with Crippen molar-refractivity contribution in [3.05, 3.63) is 23.8 Å². The molecule has 21 heavy (non-hydrogen) atoms. The molecule has 0 aliphatic heterocycles. The molecule has 112 valence electrons. The van der Waals surface area contributed by atoms with E-state index in [4.69, 9.17) is 5.73 Å². The van der Waals surface area contributed by atoms with Crippen LogP contribution in [0.2, 0.25) is 0 Å². The maximum atomic E-state index is 13.4. The minimum Gasteiger partial charge on any atom is -0.398 e. The normalized spacial score (nSPS) is 16.3. The van der Waals surface area contributed by atoms with Crippen molar-refractivity contribution in [2.75, 3.05) is 5.73 Å². The van der Waals surface area contributed by atoms with E-state index in [1.165, 1.54) is 19.3 Å². The molecule has 1 fully saturated rings. The Morgan fingerprint density at radius 2 is 1.86 bits per heavy atom. The fourth-order valence-electron chi connectivity index (χ4n) is 2.89. The number of tetrazole rings is 1. The van der Waals surface area contributed by atoms with Gasteiger partial charge in [-0.15, -0.1) is 5.10 Å². The van der Waals surface area contributed by atoms with E-state index >= 15 is 0 Å². The Labute approximate surface area is 121 Å². The molecule has 1 aliphatic carbocycles. The molecule has 0 amide bonds. The van der Waals surface area contributed by atoms with Gasteiger partial charge < -0.3 is 5.73 Å². The van der Waals surface area contributed by atoms with E-state index in [-0.39, 0.29) is 5.69 Å². The molecule has 1 saturated carbocycles. The van der Waals surface area contributed by atoms with Gasteiger partial charge in [-0.1, -0.05) is 19.3 Å². The molecule has 5 nitrogen and oxygen atoms in total. The van der Waals surface area contributed by atoms with E-state index in [1.54, 1.807) is 4.68 Å². The SMILES string of the molecule is Nc1cc(F)c(F)cc1-c1nnnn1CC1CCCCC1. The van der Waals surface area contributed by atoms with Crippen LogP contribution in [0.25, 0.3) is 11.4 Å². The number of halogens is 2. The van der Waals surface area contributed by atoms with Crippen LogP contribution < -0.4 is 5.73 Å². The smallest absolute Gasteiger partial charge is 0.184 e.